The molecule has 5 rings (SSSR count). The van der Waals surface area contributed by atoms with Crippen molar-refractivity contribution in [1.82, 2.24) is 35.3 Å². The van der Waals surface area contributed by atoms with Crippen LogP contribution in [0.15, 0.2) is 41.5 Å². The molecule has 0 amide bonds. The van der Waals surface area contributed by atoms with Gasteiger partial charge in [0, 0.05) is 49.7 Å². The second kappa shape index (κ2) is 6.36. The van der Waals surface area contributed by atoms with Crippen LogP contribution in [0.25, 0.3) is 11.3 Å². The van der Waals surface area contributed by atoms with Gasteiger partial charge in [0.05, 0.1) is 36.8 Å². The summed E-state index contributed by atoms with van der Waals surface area (Å²) in [5, 5.41) is 13.4. The summed E-state index contributed by atoms with van der Waals surface area (Å²) < 4.78 is 7.49. The number of nitrogens with zero attached hydrogens (tertiary/aromatic N) is 6. The maximum absolute atomic E-state index is 5.61. The Labute approximate surface area is 157 Å². The van der Waals surface area contributed by atoms with Crippen LogP contribution in [0.2, 0.25) is 0 Å². The lowest BCUT2D eigenvalue weighted by Crippen LogP contribution is -2.48. The average molecular weight is 366 g/mol. The number of morpholine rings is 1. The number of nitrogens with one attached hydrogen (secondary N) is 2. The lowest BCUT2D eigenvalue weighted by molar-refractivity contribution is 0.0335. The van der Waals surface area contributed by atoms with Crippen molar-refractivity contribution in [1.29, 1.82) is 0 Å². The van der Waals surface area contributed by atoms with Gasteiger partial charge in [-0.05, 0) is 13.0 Å². The van der Waals surface area contributed by atoms with Gasteiger partial charge in [-0.1, -0.05) is 0 Å². The summed E-state index contributed by atoms with van der Waals surface area (Å²) in [6, 6.07) is 2.30. The number of aromatic nitrogens is 4. The highest BCUT2D eigenvalue weighted by Crippen LogP contribution is 2.35. The predicted octanol–water partition coefficient (Wildman–Crippen LogP) is 0.806. The van der Waals surface area contributed by atoms with Crippen molar-refractivity contribution in [2.45, 2.75) is 13.0 Å². The van der Waals surface area contributed by atoms with Crippen LogP contribution in [0.1, 0.15) is 18.2 Å². The van der Waals surface area contributed by atoms with E-state index in [-0.39, 0.29) is 6.04 Å². The van der Waals surface area contributed by atoms with E-state index >= 15 is 0 Å². The Balaban J connectivity index is 1.64. The quantitative estimate of drug-likeness (QED) is 0.818. The third kappa shape index (κ3) is 2.66. The van der Waals surface area contributed by atoms with E-state index < -0.39 is 0 Å². The molecule has 140 valence electrons. The van der Waals surface area contributed by atoms with Crippen LogP contribution in [0.5, 0.6) is 0 Å². The van der Waals surface area contributed by atoms with Crippen molar-refractivity contribution >= 4 is 17.1 Å². The van der Waals surface area contributed by atoms with E-state index in [1.165, 1.54) is 0 Å². The Morgan fingerprint density at radius 3 is 3.00 bits per heavy atom. The first-order valence-electron chi connectivity index (χ1n) is 9.11. The standard InChI is InChI=1S/C18H22N8O/c1-12-11-27-6-5-25(12)17-7-16(15-3-4-21-24(15)2)26-18(23-17)14(10-22-26)13-8-19-20-9-13/h3-4,7-9,12,22H,5-6,10-11H2,1-2H3,(H,19,20)/t12-/m1/s1. The second-order valence-electron chi connectivity index (χ2n) is 6.92. The molecule has 0 aliphatic carbocycles. The zero-order chi connectivity index (χ0) is 18.4. The highest BCUT2D eigenvalue weighted by atomic mass is 16.5. The average Bonchev–Trinajstić information content (AvgIpc) is 3.41. The van der Waals surface area contributed by atoms with Crippen LogP contribution in [0.4, 0.5) is 0 Å². The molecule has 9 nitrogen and oxygen atoms in total. The number of fused-ring (bicyclic) bond motifs is 1. The van der Waals surface area contributed by atoms with Crippen molar-refractivity contribution < 1.29 is 4.74 Å². The molecule has 9 heteroatoms. The minimum atomic E-state index is 0.278. The zero-order valence-corrected chi connectivity index (χ0v) is 15.4. The smallest absolute Gasteiger partial charge is 0.155 e. The van der Waals surface area contributed by atoms with E-state index in [1.807, 2.05) is 41.4 Å². The van der Waals surface area contributed by atoms with E-state index in [0.717, 1.165) is 40.7 Å². The Hall–Kier alpha value is -2.91. The maximum Gasteiger partial charge on any atom is 0.155 e. The molecule has 5 heterocycles. The zero-order valence-electron chi connectivity index (χ0n) is 15.4. The molecule has 0 spiro atoms. The van der Waals surface area contributed by atoms with Crippen LogP contribution in [0, 0.1) is 0 Å². The molecule has 3 aliphatic rings. The summed E-state index contributed by atoms with van der Waals surface area (Å²) in [4.78, 5) is 7.34. The topological polar surface area (TPSA) is 86.6 Å². The van der Waals surface area contributed by atoms with E-state index in [2.05, 4.69) is 38.6 Å². The fraction of sp³-hybridized carbons (Fsp3) is 0.389. The number of aliphatic imine (C=N–C) groups is 1. The van der Waals surface area contributed by atoms with Crippen molar-refractivity contribution in [2.75, 3.05) is 26.3 Å². The van der Waals surface area contributed by atoms with Crippen LogP contribution >= 0.6 is 0 Å². The lowest BCUT2D eigenvalue weighted by atomic mass is 10.1. The number of aryl methyl sites for hydroxylation is 1. The van der Waals surface area contributed by atoms with Gasteiger partial charge in [0.25, 0.3) is 0 Å². The third-order valence-electron chi connectivity index (χ3n) is 5.21. The van der Waals surface area contributed by atoms with Crippen molar-refractivity contribution in [3.05, 3.63) is 47.8 Å². The van der Waals surface area contributed by atoms with Gasteiger partial charge in [-0.25, -0.2) is 10.4 Å². The number of rotatable bonds is 2. The summed E-state index contributed by atoms with van der Waals surface area (Å²) in [5.41, 5.74) is 7.68. The number of aromatic amines is 1. The third-order valence-corrected chi connectivity index (χ3v) is 5.21. The molecule has 27 heavy (non-hydrogen) atoms. The molecule has 0 bridgehead atoms. The molecule has 1 fully saturated rings. The first kappa shape index (κ1) is 16.3. The molecule has 3 aliphatic heterocycles. The molecular formula is C18H22N8O. The Kier molecular flexibility index (Phi) is 3.83. The van der Waals surface area contributed by atoms with E-state index in [1.54, 1.807) is 0 Å². The molecule has 2 N–H and O–H groups in total. The summed E-state index contributed by atoms with van der Waals surface area (Å²) in [7, 11) is 1.95. The Morgan fingerprint density at radius 2 is 2.26 bits per heavy atom. The summed E-state index contributed by atoms with van der Waals surface area (Å²) >= 11 is 0. The molecule has 1 atom stereocenters. The van der Waals surface area contributed by atoms with Crippen LogP contribution in [-0.2, 0) is 11.8 Å². The first-order valence-corrected chi connectivity index (χ1v) is 9.11. The first-order chi connectivity index (χ1) is 13.2. The fourth-order valence-electron chi connectivity index (χ4n) is 3.77. The van der Waals surface area contributed by atoms with Crippen LogP contribution in [-0.4, -0.2) is 68.1 Å². The number of ether oxygens (including phenoxy) is 1. The van der Waals surface area contributed by atoms with Crippen LogP contribution in [0.3, 0.4) is 0 Å². The van der Waals surface area contributed by atoms with Gasteiger partial charge in [0.2, 0.25) is 0 Å². The number of hydrogen-bond acceptors (Lipinski definition) is 7. The SMILES string of the molecule is C[C@@H]1COCCN1C1=NC2=C(c3cn[nH]c3)CNN2C(c2ccnn2C)=C1. The second-order valence-corrected chi connectivity index (χ2v) is 6.92. The number of H-pyrrole nitrogens is 1. The predicted molar refractivity (Wildman–Crippen MR) is 101 cm³/mol. The molecule has 0 unspecified atom stereocenters. The summed E-state index contributed by atoms with van der Waals surface area (Å²) in [6.07, 6.45) is 7.69. The van der Waals surface area contributed by atoms with E-state index in [4.69, 9.17) is 9.73 Å². The molecule has 0 aromatic carbocycles. The number of amidine groups is 1. The van der Waals surface area contributed by atoms with E-state index in [9.17, 15) is 0 Å². The Bertz CT molecular complexity index is 938. The number of hydrazine groups is 1. The van der Waals surface area contributed by atoms with Gasteiger partial charge in [0.1, 0.15) is 5.84 Å². The van der Waals surface area contributed by atoms with Gasteiger partial charge in [-0.2, -0.15) is 10.2 Å². The van der Waals surface area contributed by atoms with Gasteiger partial charge in [-0.3, -0.25) is 14.8 Å². The Morgan fingerprint density at radius 1 is 1.33 bits per heavy atom. The number of hydrogen-bond donors (Lipinski definition) is 2. The minimum absolute atomic E-state index is 0.278. The molecule has 1 saturated heterocycles. The van der Waals surface area contributed by atoms with Gasteiger partial charge >= 0.3 is 0 Å². The molecule has 0 saturated carbocycles. The monoisotopic (exact) mass is 366 g/mol. The maximum atomic E-state index is 5.61. The van der Waals surface area contributed by atoms with Gasteiger partial charge < -0.3 is 9.64 Å². The molecule has 2 aromatic rings. The fourth-order valence-corrected chi connectivity index (χ4v) is 3.77. The summed E-state index contributed by atoms with van der Waals surface area (Å²) in [5.74, 6) is 1.86. The lowest BCUT2D eigenvalue weighted by Gasteiger charge is -2.37. The summed E-state index contributed by atoms with van der Waals surface area (Å²) in [6.45, 7) is 5.12. The minimum Gasteiger partial charge on any atom is -0.377 e. The molecular weight excluding hydrogens is 344 g/mol. The largest absolute Gasteiger partial charge is 0.377 e. The highest BCUT2D eigenvalue weighted by Gasteiger charge is 2.34. The van der Waals surface area contributed by atoms with Crippen molar-refractivity contribution in [2.24, 2.45) is 12.0 Å². The van der Waals surface area contributed by atoms with Gasteiger partial charge in [0.15, 0.2) is 5.82 Å². The molecule has 2 aromatic heterocycles. The molecule has 0 radical (unpaired) electrons. The van der Waals surface area contributed by atoms with Crippen LogP contribution < -0.4 is 5.43 Å². The van der Waals surface area contributed by atoms with Gasteiger partial charge in [-0.15, -0.1) is 0 Å². The van der Waals surface area contributed by atoms with Crippen molar-refractivity contribution in [3.8, 4) is 0 Å². The van der Waals surface area contributed by atoms with Crippen molar-refractivity contribution in [3.63, 3.8) is 0 Å². The highest BCUT2D eigenvalue weighted by molar-refractivity contribution is 6.02. The normalized spacial score (nSPS) is 22.8. The van der Waals surface area contributed by atoms with E-state index in [0.29, 0.717) is 19.8 Å².